The molecule has 4 heteroatoms. The van der Waals surface area contributed by atoms with Gasteiger partial charge in [-0.2, -0.15) is 0 Å². The molecule has 0 spiro atoms. The van der Waals surface area contributed by atoms with Gasteiger partial charge in [-0.3, -0.25) is 9.78 Å². The van der Waals surface area contributed by atoms with Gasteiger partial charge in [-0.1, -0.05) is 24.3 Å². The molecule has 1 amide bonds. The molecule has 1 aromatic heterocycles. The molecule has 3 rings (SSSR count). The predicted octanol–water partition coefficient (Wildman–Crippen LogP) is 1.76. The van der Waals surface area contributed by atoms with E-state index in [4.69, 9.17) is 0 Å². The van der Waals surface area contributed by atoms with Gasteiger partial charge in [-0.05, 0) is 23.8 Å². The quantitative estimate of drug-likeness (QED) is 0.887. The summed E-state index contributed by atoms with van der Waals surface area (Å²) in [4.78, 5) is 18.5. The van der Waals surface area contributed by atoms with Crippen LogP contribution in [-0.2, 0) is 4.79 Å². The Bertz CT molecular complexity index is 507. The third kappa shape index (κ3) is 2.35. The number of nitrogens with zero attached hydrogens (tertiary/aromatic N) is 2. The Balaban J connectivity index is 1.88. The van der Waals surface area contributed by atoms with Gasteiger partial charge in [-0.15, -0.1) is 0 Å². The molecule has 1 aliphatic rings. The number of carbonyl (C=O) groups excluding carboxylic acids is 1. The maximum Gasteiger partial charge on any atom is 0.248 e. The lowest BCUT2D eigenvalue weighted by Crippen LogP contribution is -2.50. The van der Waals surface area contributed by atoms with Crippen LogP contribution in [0.2, 0.25) is 0 Å². The van der Waals surface area contributed by atoms with Gasteiger partial charge in [0.15, 0.2) is 0 Å². The Morgan fingerprint density at radius 3 is 2.74 bits per heavy atom. The van der Waals surface area contributed by atoms with Crippen LogP contribution in [0.4, 0.5) is 5.69 Å². The van der Waals surface area contributed by atoms with E-state index < -0.39 is 0 Å². The monoisotopic (exact) mass is 253 g/mol. The molecule has 0 aliphatic carbocycles. The van der Waals surface area contributed by atoms with Gasteiger partial charge in [0.2, 0.25) is 5.91 Å². The van der Waals surface area contributed by atoms with Crippen LogP contribution >= 0.6 is 0 Å². The average Bonchev–Trinajstić information content (AvgIpc) is 2.49. The molecule has 1 unspecified atom stereocenters. The number of benzene rings is 1. The minimum Gasteiger partial charge on any atom is -0.309 e. The third-order valence-corrected chi connectivity index (χ3v) is 3.28. The maximum atomic E-state index is 12.6. The Hall–Kier alpha value is -2.20. The molecule has 4 nitrogen and oxygen atoms in total. The van der Waals surface area contributed by atoms with Crippen LogP contribution in [0.15, 0.2) is 54.9 Å². The van der Waals surface area contributed by atoms with E-state index in [-0.39, 0.29) is 11.9 Å². The molecule has 1 aliphatic heterocycles. The lowest BCUT2D eigenvalue weighted by molar-refractivity contribution is -0.121. The van der Waals surface area contributed by atoms with E-state index in [1.807, 2.05) is 47.4 Å². The standard InChI is InChI=1S/C15H15N3O/c19-15-14(12-5-4-8-16-11-12)17-9-10-18(15)13-6-2-1-3-7-13/h1-8,11,14,17H,9-10H2. The van der Waals surface area contributed by atoms with Gasteiger partial charge in [0, 0.05) is 31.2 Å². The number of pyridine rings is 1. The summed E-state index contributed by atoms with van der Waals surface area (Å²) in [7, 11) is 0. The molecule has 19 heavy (non-hydrogen) atoms. The summed E-state index contributed by atoms with van der Waals surface area (Å²) in [6.45, 7) is 1.47. The number of carbonyl (C=O) groups is 1. The van der Waals surface area contributed by atoms with E-state index in [9.17, 15) is 4.79 Å². The van der Waals surface area contributed by atoms with Gasteiger partial charge < -0.3 is 10.2 Å². The first-order valence-electron chi connectivity index (χ1n) is 6.36. The summed E-state index contributed by atoms with van der Waals surface area (Å²) < 4.78 is 0. The molecule has 2 aromatic rings. The molecule has 1 N–H and O–H groups in total. The number of aromatic nitrogens is 1. The summed E-state index contributed by atoms with van der Waals surface area (Å²) in [5, 5.41) is 3.25. The van der Waals surface area contributed by atoms with Gasteiger partial charge in [0.25, 0.3) is 0 Å². The number of rotatable bonds is 2. The maximum absolute atomic E-state index is 12.6. The van der Waals surface area contributed by atoms with Crippen LogP contribution in [0, 0.1) is 0 Å². The zero-order valence-corrected chi connectivity index (χ0v) is 10.5. The number of piperazine rings is 1. The molecule has 0 bridgehead atoms. The van der Waals surface area contributed by atoms with E-state index in [0.717, 1.165) is 17.8 Å². The van der Waals surface area contributed by atoms with Crippen LogP contribution in [0.1, 0.15) is 11.6 Å². The smallest absolute Gasteiger partial charge is 0.248 e. The first-order valence-corrected chi connectivity index (χ1v) is 6.36. The van der Waals surface area contributed by atoms with Crippen molar-refractivity contribution in [1.82, 2.24) is 10.3 Å². The molecule has 2 heterocycles. The van der Waals surface area contributed by atoms with E-state index in [2.05, 4.69) is 10.3 Å². The molecular weight excluding hydrogens is 238 g/mol. The van der Waals surface area contributed by atoms with Crippen molar-refractivity contribution in [3.63, 3.8) is 0 Å². The van der Waals surface area contributed by atoms with Crippen LogP contribution in [0.5, 0.6) is 0 Å². The summed E-state index contributed by atoms with van der Waals surface area (Å²) in [6, 6.07) is 13.3. The summed E-state index contributed by atoms with van der Waals surface area (Å²) in [5.41, 5.74) is 1.86. The summed E-state index contributed by atoms with van der Waals surface area (Å²) in [6.07, 6.45) is 3.45. The Labute approximate surface area is 112 Å². The number of nitrogens with one attached hydrogen (secondary N) is 1. The molecular formula is C15H15N3O. The predicted molar refractivity (Wildman–Crippen MR) is 73.8 cm³/mol. The number of amides is 1. The van der Waals surface area contributed by atoms with Crippen LogP contribution in [0.3, 0.4) is 0 Å². The highest BCUT2D eigenvalue weighted by atomic mass is 16.2. The van der Waals surface area contributed by atoms with Crippen molar-refractivity contribution in [3.05, 3.63) is 60.4 Å². The van der Waals surface area contributed by atoms with Gasteiger partial charge in [0.05, 0.1) is 0 Å². The van der Waals surface area contributed by atoms with Crippen molar-refractivity contribution in [2.24, 2.45) is 0 Å². The highest BCUT2D eigenvalue weighted by Gasteiger charge is 2.30. The zero-order valence-electron chi connectivity index (χ0n) is 10.5. The van der Waals surface area contributed by atoms with E-state index >= 15 is 0 Å². The van der Waals surface area contributed by atoms with Crippen molar-refractivity contribution in [2.75, 3.05) is 18.0 Å². The molecule has 1 saturated heterocycles. The van der Waals surface area contributed by atoms with Crippen molar-refractivity contribution < 1.29 is 4.79 Å². The molecule has 0 saturated carbocycles. The lowest BCUT2D eigenvalue weighted by atomic mass is 10.1. The fourth-order valence-electron chi connectivity index (χ4n) is 2.35. The fourth-order valence-corrected chi connectivity index (χ4v) is 2.35. The topological polar surface area (TPSA) is 45.2 Å². The minimum atomic E-state index is -0.303. The molecule has 96 valence electrons. The van der Waals surface area contributed by atoms with Crippen molar-refractivity contribution in [1.29, 1.82) is 0 Å². The SMILES string of the molecule is O=C1C(c2cccnc2)NCCN1c1ccccc1. The van der Waals surface area contributed by atoms with E-state index in [0.29, 0.717) is 6.54 Å². The number of hydrogen-bond donors (Lipinski definition) is 1. The highest BCUT2D eigenvalue weighted by Crippen LogP contribution is 2.23. The molecule has 1 aromatic carbocycles. The second kappa shape index (κ2) is 5.20. The first kappa shape index (κ1) is 11.9. The Morgan fingerprint density at radius 1 is 1.16 bits per heavy atom. The number of anilines is 1. The summed E-state index contributed by atoms with van der Waals surface area (Å²) >= 11 is 0. The van der Waals surface area contributed by atoms with Crippen LogP contribution in [-0.4, -0.2) is 24.0 Å². The first-order chi connectivity index (χ1) is 9.36. The average molecular weight is 253 g/mol. The Kier molecular flexibility index (Phi) is 3.25. The fraction of sp³-hybridized carbons (Fsp3) is 0.200. The summed E-state index contributed by atoms with van der Waals surface area (Å²) in [5.74, 6) is 0.0745. The Morgan fingerprint density at radius 2 is 2.00 bits per heavy atom. The van der Waals surface area contributed by atoms with Crippen LogP contribution in [0.25, 0.3) is 0 Å². The van der Waals surface area contributed by atoms with Crippen molar-refractivity contribution in [3.8, 4) is 0 Å². The zero-order chi connectivity index (χ0) is 13.1. The molecule has 0 radical (unpaired) electrons. The molecule has 1 fully saturated rings. The highest BCUT2D eigenvalue weighted by molar-refractivity contribution is 5.98. The van der Waals surface area contributed by atoms with E-state index in [1.165, 1.54) is 0 Å². The van der Waals surface area contributed by atoms with E-state index in [1.54, 1.807) is 12.4 Å². The largest absolute Gasteiger partial charge is 0.309 e. The van der Waals surface area contributed by atoms with Gasteiger partial charge >= 0.3 is 0 Å². The van der Waals surface area contributed by atoms with Gasteiger partial charge in [0.1, 0.15) is 6.04 Å². The normalized spacial score (nSPS) is 19.5. The number of para-hydroxylation sites is 1. The van der Waals surface area contributed by atoms with Crippen molar-refractivity contribution in [2.45, 2.75) is 6.04 Å². The van der Waals surface area contributed by atoms with Gasteiger partial charge in [-0.25, -0.2) is 0 Å². The van der Waals surface area contributed by atoms with Crippen LogP contribution < -0.4 is 10.2 Å². The minimum absolute atomic E-state index is 0.0745. The second-order valence-corrected chi connectivity index (χ2v) is 4.50. The second-order valence-electron chi connectivity index (χ2n) is 4.50. The molecule has 1 atom stereocenters. The number of hydrogen-bond acceptors (Lipinski definition) is 3. The lowest BCUT2D eigenvalue weighted by Gasteiger charge is -2.33. The third-order valence-electron chi connectivity index (χ3n) is 3.28. The van der Waals surface area contributed by atoms with Crippen molar-refractivity contribution >= 4 is 11.6 Å².